The van der Waals surface area contributed by atoms with E-state index in [1.165, 1.54) is 19.2 Å². The number of rotatable bonds is 4. The summed E-state index contributed by atoms with van der Waals surface area (Å²) in [6.45, 7) is 0. The molecule has 0 fully saturated rings. The zero-order chi connectivity index (χ0) is 24.7. The number of carbonyl (C=O) groups excluding carboxylic acids is 2. The van der Waals surface area contributed by atoms with E-state index in [2.05, 4.69) is 4.98 Å². The number of esters is 1. The summed E-state index contributed by atoms with van der Waals surface area (Å²) in [6.07, 6.45) is -3.73. The molecule has 2 atom stereocenters. The number of ether oxygens (including phenoxy) is 1. The fraction of sp³-hybridized carbons (Fsp3) is 0.214. The van der Waals surface area contributed by atoms with Crippen molar-refractivity contribution in [2.45, 2.75) is 30.9 Å². The van der Waals surface area contributed by atoms with Crippen LogP contribution in [0.4, 0.5) is 13.2 Å². The predicted octanol–water partition coefficient (Wildman–Crippen LogP) is 6.67. The molecule has 0 radical (unpaired) electrons. The number of Topliss-reactive ketones (excluding diaryl/α,β-unsaturated/α-hetero) is 1. The maximum atomic E-state index is 13.5. The van der Waals surface area contributed by atoms with Crippen molar-refractivity contribution in [2.24, 2.45) is 0 Å². The summed E-state index contributed by atoms with van der Waals surface area (Å²) in [6, 6.07) is 20.0. The highest BCUT2D eigenvalue weighted by Gasteiger charge is 2.39. The Labute approximate surface area is 199 Å². The number of halogens is 3. The van der Waals surface area contributed by atoms with Crippen LogP contribution in [0.2, 0.25) is 0 Å². The van der Waals surface area contributed by atoms with Gasteiger partial charge in [-0.25, -0.2) is 4.79 Å². The van der Waals surface area contributed by atoms with Crippen LogP contribution in [0.3, 0.4) is 0 Å². The van der Waals surface area contributed by atoms with Gasteiger partial charge < -0.3 is 9.72 Å². The number of aromatic amines is 1. The molecular formula is C28H22F3NO3. The molecule has 0 amide bonds. The zero-order valence-electron chi connectivity index (χ0n) is 18.9. The zero-order valence-corrected chi connectivity index (χ0v) is 18.9. The Morgan fingerprint density at radius 1 is 1.00 bits per heavy atom. The monoisotopic (exact) mass is 477 g/mol. The Balaban J connectivity index is 1.67. The standard InChI is InChI=1S/C28H22F3NO3/c1-35-27(34)19-8-5-9-22-24(19)25-23(33)15-20(17-10-12-18(13-11-17)28(29,30)31)21(26(25)32-22)14-16-6-3-2-4-7-16/h2-13,20-21,32H,14-15H2,1H3. The molecule has 0 bridgehead atoms. The van der Waals surface area contributed by atoms with E-state index < -0.39 is 17.7 Å². The number of fused-ring (bicyclic) bond motifs is 3. The smallest absolute Gasteiger partial charge is 0.416 e. The van der Waals surface area contributed by atoms with E-state index in [-0.39, 0.29) is 24.0 Å². The molecule has 1 aromatic heterocycles. The Bertz CT molecular complexity index is 1410. The van der Waals surface area contributed by atoms with Gasteiger partial charge in [0.2, 0.25) is 0 Å². The van der Waals surface area contributed by atoms with Crippen molar-refractivity contribution in [1.29, 1.82) is 0 Å². The van der Waals surface area contributed by atoms with Crippen molar-refractivity contribution in [3.63, 3.8) is 0 Å². The molecule has 0 saturated heterocycles. The first-order chi connectivity index (χ1) is 16.8. The van der Waals surface area contributed by atoms with Gasteiger partial charge in [-0.3, -0.25) is 4.79 Å². The van der Waals surface area contributed by atoms with Crippen LogP contribution in [0.1, 0.15) is 61.4 Å². The number of hydrogen-bond acceptors (Lipinski definition) is 3. The van der Waals surface area contributed by atoms with Gasteiger partial charge in [-0.05, 0) is 47.7 Å². The number of nitrogens with one attached hydrogen (secondary N) is 1. The Hall–Kier alpha value is -3.87. The Morgan fingerprint density at radius 2 is 1.71 bits per heavy atom. The third-order valence-corrected chi connectivity index (χ3v) is 6.76. The van der Waals surface area contributed by atoms with Crippen molar-refractivity contribution in [2.75, 3.05) is 7.11 Å². The first-order valence-corrected chi connectivity index (χ1v) is 11.2. The van der Waals surface area contributed by atoms with E-state index in [1.807, 2.05) is 30.3 Å². The number of methoxy groups -OCH3 is 1. The van der Waals surface area contributed by atoms with E-state index in [9.17, 15) is 22.8 Å². The molecule has 5 rings (SSSR count). The molecule has 1 N–H and O–H groups in total. The molecule has 1 aliphatic rings. The largest absolute Gasteiger partial charge is 0.465 e. The molecule has 0 spiro atoms. The Kier molecular flexibility index (Phi) is 5.71. The second-order valence-corrected chi connectivity index (χ2v) is 8.78. The summed E-state index contributed by atoms with van der Waals surface area (Å²) in [4.78, 5) is 29.3. The molecule has 4 nitrogen and oxygen atoms in total. The van der Waals surface area contributed by atoms with E-state index >= 15 is 0 Å². The second-order valence-electron chi connectivity index (χ2n) is 8.78. The van der Waals surface area contributed by atoms with Gasteiger partial charge in [0.25, 0.3) is 0 Å². The summed E-state index contributed by atoms with van der Waals surface area (Å²) in [7, 11) is 1.29. The van der Waals surface area contributed by atoms with Gasteiger partial charge in [0.05, 0.1) is 18.2 Å². The lowest BCUT2D eigenvalue weighted by Crippen LogP contribution is -2.25. The topological polar surface area (TPSA) is 59.2 Å². The summed E-state index contributed by atoms with van der Waals surface area (Å²) >= 11 is 0. The van der Waals surface area contributed by atoms with Gasteiger partial charge in [0.15, 0.2) is 5.78 Å². The average molecular weight is 477 g/mol. The minimum absolute atomic E-state index is 0.123. The van der Waals surface area contributed by atoms with Crippen LogP contribution in [0.15, 0.2) is 72.8 Å². The van der Waals surface area contributed by atoms with Gasteiger partial charge in [-0.1, -0.05) is 48.5 Å². The van der Waals surface area contributed by atoms with Crippen LogP contribution >= 0.6 is 0 Å². The molecule has 35 heavy (non-hydrogen) atoms. The van der Waals surface area contributed by atoms with Crippen LogP contribution in [-0.4, -0.2) is 23.8 Å². The molecule has 0 saturated carbocycles. The minimum Gasteiger partial charge on any atom is -0.465 e. The van der Waals surface area contributed by atoms with Gasteiger partial charge in [-0.2, -0.15) is 13.2 Å². The molecular weight excluding hydrogens is 455 g/mol. The number of benzene rings is 3. The van der Waals surface area contributed by atoms with Crippen molar-refractivity contribution in [3.05, 3.63) is 106 Å². The highest BCUT2D eigenvalue weighted by atomic mass is 19.4. The van der Waals surface area contributed by atoms with Gasteiger partial charge in [0.1, 0.15) is 0 Å². The number of ketones is 1. The molecule has 1 heterocycles. The first-order valence-electron chi connectivity index (χ1n) is 11.2. The van der Waals surface area contributed by atoms with Crippen LogP contribution in [-0.2, 0) is 17.3 Å². The maximum absolute atomic E-state index is 13.5. The molecule has 178 valence electrons. The summed E-state index contributed by atoms with van der Waals surface area (Å²) in [5, 5.41) is 0.531. The second kappa shape index (κ2) is 8.73. The number of carbonyl (C=O) groups is 2. The summed E-state index contributed by atoms with van der Waals surface area (Å²) < 4.78 is 44.4. The molecule has 0 aliphatic heterocycles. The lowest BCUT2D eigenvalue weighted by Gasteiger charge is -2.32. The van der Waals surface area contributed by atoms with Crippen LogP contribution in [0.25, 0.3) is 10.9 Å². The molecule has 2 unspecified atom stereocenters. The molecule has 7 heteroatoms. The van der Waals surface area contributed by atoms with E-state index in [1.54, 1.807) is 18.2 Å². The van der Waals surface area contributed by atoms with Crippen LogP contribution in [0.5, 0.6) is 0 Å². The fourth-order valence-corrected chi connectivity index (χ4v) is 5.14. The first kappa shape index (κ1) is 22.9. The van der Waals surface area contributed by atoms with E-state index in [0.717, 1.165) is 17.7 Å². The van der Waals surface area contributed by atoms with Gasteiger partial charge in [0, 0.05) is 34.5 Å². The van der Waals surface area contributed by atoms with Gasteiger partial charge >= 0.3 is 12.1 Å². The SMILES string of the molecule is COC(=O)c1cccc2[nH]c3c(c12)C(=O)CC(c1ccc(C(F)(F)F)cc1)C3Cc1ccccc1. The van der Waals surface area contributed by atoms with E-state index in [4.69, 9.17) is 4.74 Å². The third kappa shape index (κ3) is 4.11. The number of hydrogen-bond donors (Lipinski definition) is 1. The fourth-order valence-electron chi connectivity index (χ4n) is 5.14. The predicted molar refractivity (Wildman–Crippen MR) is 126 cm³/mol. The van der Waals surface area contributed by atoms with Gasteiger partial charge in [-0.15, -0.1) is 0 Å². The molecule has 3 aromatic carbocycles. The molecule has 1 aliphatic carbocycles. The van der Waals surface area contributed by atoms with Crippen LogP contribution < -0.4 is 0 Å². The quantitative estimate of drug-likeness (QED) is 0.334. The van der Waals surface area contributed by atoms with Crippen molar-refractivity contribution < 1.29 is 27.5 Å². The van der Waals surface area contributed by atoms with Crippen LogP contribution in [0, 0.1) is 0 Å². The third-order valence-electron chi connectivity index (χ3n) is 6.76. The number of H-pyrrole nitrogens is 1. The highest BCUT2D eigenvalue weighted by Crippen LogP contribution is 2.47. The highest BCUT2D eigenvalue weighted by molar-refractivity contribution is 6.16. The van der Waals surface area contributed by atoms with Crippen molar-refractivity contribution in [3.8, 4) is 0 Å². The Morgan fingerprint density at radius 3 is 2.37 bits per heavy atom. The molecule has 4 aromatic rings. The lowest BCUT2D eigenvalue weighted by molar-refractivity contribution is -0.137. The summed E-state index contributed by atoms with van der Waals surface area (Å²) in [5.74, 6) is -1.22. The number of alkyl halides is 3. The maximum Gasteiger partial charge on any atom is 0.416 e. The number of aromatic nitrogens is 1. The normalized spacial score (nSPS) is 17.9. The van der Waals surface area contributed by atoms with Crippen molar-refractivity contribution >= 4 is 22.7 Å². The summed E-state index contributed by atoms with van der Waals surface area (Å²) in [5.41, 5.74) is 3.11. The minimum atomic E-state index is -4.43. The average Bonchev–Trinajstić information content (AvgIpc) is 3.26. The van der Waals surface area contributed by atoms with E-state index in [0.29, 0.717) is 39.7 Å². The lowest BCUT2D eigenvalue weighted by atomic mass is 9.71. The van der Waals surface area contributed by atoms with Crippen molar-refractivity contribution in [1.82, 2.24) is 4.98 Å².